The highest BCUT2D eigenvalue weighted by atomic mass is 32.2. The first-order chi connectivity index (χ1) is 16.4. The van der Waals surface area contributed by atoms with Crippen molar-refractivity contribution in [3.05, 3.63) is 0 Å². The third kappa shape index (κ3) is 14.1. The van der Waals surface area contributed by atoms with E-state index in [1.165, 1.54) is 23.5 Å². The minimum absolute atomic E-state index is 0.0832. The largest absolute Gasteiger partial charge is 0.480 e. The van der Waals surface area contributed by atoms with Crippen molar-refractivity contribution < 1.29 is 24.3 Å². The number of hydrogen-bond donors (Lipinski definition) is 7. The van der Waals surface area contributed by atoms with Gasteiger partial charge >= 0.3 is 5.97 Å². The Morgan fingerprint density at radius 1 is 0.829 bits per heavy atom. The normalized spacial score (nSPS) is 14.3. The molecule has 0 aliphatic carbocycles. The highest BCUT2D eigenvalue weighted by Crippen LogP contribution is 2.08. The average Bonchev–Trinajstić information content (AvgIpc) is 2.79. The summed E-state index contributed by atoms with van der Waals surface area (Å²) < 4.78 is 0. The second kappa shape index (κ2) is 18.1. The van der Waals surface area contributed by atoms with Gasteiger partial charge in [0.25, 0.3) is 0 Å². The van der Waals surface area contributed by atoms with E-state index in [0.717, 1.165) is 0 Å². The number of nitrogens with one attached hydrogen (secondary N) is 3. The first kappa shape index (κ1) is 32.8. The molecule has 0 aromatic carbocycles. The smallest absolute Gasteiger partial charge is 0.326 e. The molecular weight excluding hydrogens is 494 g/mol. The van der Waals surface area contributed by atoms with Crippen LogP contribution in [-0.2, 0) is 19.2 Å². The Morgan fingerprint density at radius 2 is 1.29 bits per heavy atom. The van der Waals surface area contributed by atoms with Gasteiger partial charge < -0.3 is 38.3 Å². The molecule has 0 radical (unpaired) electrons. The summed E-state index contributed by atoms with van der Waals surface area (Å²) in [5.41, 5.74) is 16.6. The lowest BCUT2D eigenvalue weighted by Crippen LogP contribution is -2.57. The summed E-state index contributed by atoms with van der Waals surface area (Å²) in [5, 5.41) is 17.3. The molecule has 0 aliphatic rings. The lowest BCUT2D eigenvalue weighted by molar-refractivity contribution is -0.142. The van der Waals surface area contributed by atoms with Gasteiger partial charge in [-0.1, -0.05) is 13.8 Å². The number of aliphatic imine (C=N–C) groups is 1. The molecule has 10 N–H and O–H groups in total. The number of carboxylic acids is 1. The third-order valence-electron chi connectivity index (χ3n) is 5.07. The lowest BCUT2D eigenvalue weighted by atomic mass is 10.0. The standard InChI is InChI=1S/C21H41N7O5S2/c1-12(2)16(22)19(31)27-13(6-5-9-25-21(23)24)17(29)26-14(7-10-34-3)18(30)28-15(20(32)33)8-11-35-4/h12-16H,5-11,22H2,1-4H3,(H,26,29)(H,27,31)(H,28,30)(H,32,33)(H4,23,24,25). The van der Waals surface area contributed by atoms with Gasteiger partial charge in [-0.2, -0.15) is 23.5 Å². The highest BCUT2D eigenvalue weighted by Gasteiger charge is 2.30. The Bertz CT molecular complexity index is 720. The molecule has 202 valence electrons. The van der Waals surface area contributed by atoms with Crippen molar-refractivity contribution in [2.45, 2.75) is 63.7 Å². The molecule has 0 rings (SSSR count). The maximum Gasteiger partial charge on any atom is 0.326 e. The molecule has 0 saturated heterocycles. The van der Waals surface area contributed by atoms with Crippen molar-refractivity contribution in [1.82, 2.24) is 16.0 Å². The van der Waals surface area contributed by atoms with Gasteiger partial charge in [0.2, 0.25) is 17.7 Å². The van der Waals surface area contributed by atoms with E-state index in [4.69, 9.17) is 17.2 Å². The van der Waals surface area contributed by atoms with Crippen LogP contribution in [0.15, 0.2) is 4.99 Å². The lowest BCUT2D eigenvalue weighted by Gasteiger charge is -2.25. The summed E-state index contributed by atoms with van der Waals surface area (Å²) in [6.45, 7) is 3.83. The molecular formula is C21H41N7O5S2. The fourth-order valence-electron chi connectivity index (χ4n) is 2.89. The quantitative estimate of drug-likeness (QED) is 0.0650. The number of hydrogen-bond acceptors (Lipinski definition) is 8. The fraction of sp³-hybridized carbons (Fsp3) is 0.762. The van der Waals surface area contributed by atoms with Crippen molar-refractivity contribution >= 4 is 53.2 Å². The first-order valence-electron chi connectivity index (χ1n) is 11.4. The number of rotatable bonds is 18. The molecule has 4 unspecified atom stereocenters. The van der Waals surface area contributed by atoms with Crippen LogP contribution >= 0.6 is 23.5 Å². The Balaban J connectivity index is 5.52. The number of aliphatic carboxylic acids is 1. The summed E-state index contributed by atoms with van der Waals surface area (Å²) in [6, 6.07) is -3.83. The SMILES string of the molecule is CSCCC(NC(=O)C(CCSC)NC(=O)C(CCCN=C(N)N)NC(=O)C(N)C(C)C)C(=O)O. The molecule has 0 bridgehead atoms. The Morgan fingerprint density at radius 3 is 1.74 bits per heavy atom. The topological polar surface area (TPSA) is 215 Å². The van der Waals surface area contributed by atoms with Crippen molar-refractivity contribution in [1.29, 1.82) is 0 Å². The fourth-order valence-corrected chi connectivity index (χ4v) is 3.83. The van der Waals surface area contributed by atoms with Gasteiger partial charge in [0.15, 0.2) is 5.96 Å². The van der Waals surface area contributed by atoms with Gasteiger partial charge in [0, 0.05) is 6.54 Å². The Labute approximate surface area is 215 Å². The minimum Gasteiger partial charge on any atom is -0.480 e. The number of nitrogens with two attached hydrogens (primary N) is 3. The van der Waals surface area contributed by atoms with Gasteiger partial charge in [0.05, 0.1) is 6.04 Å². The van der Waals surface area contributed by atoms with E-state index in [2.05, 4.69) is 20.9 Å². The zero-order chi connectivity index (χ0) is 27.0. The second-order valence-electron chi connectivity index (χ2n) is 8.30. The van der Waals surface area contributed by atoms with Crippen LogP contribution in [0.25, 0.3) is 0 Å². The van der Waals surface area contributed by atoms with E-state index in [-0.39, 0.29) is 37.7 Å². The number of amides is 3. The van der Waals surface area contributed by atoms with E-state index in [9.17, 15) is 24.3 Å². The van der Waals surface area contributed by atoms with Crippen molar-refractivity contribution in [3.8, 4) is 0 Å². The molecule has 12 nitrogen and oxygen atoms in total. The molecule has 0 aromatic rings. The van der Waals surface area contributed by atoms with Crippen LogP contribution in [0.3, 0.4) is 0 Å². The van der Waals surface area contributed by atoms with Gasteiger partial charge in [-0.15, -0.1) is 0 Å². The molecule has 0 heterocycles. The van der Waals surface area contributed by atoms with Crippen molar-refractivity contribution in [2.75, 3.05) is 30.6 Å². The maximum absolute atomic E-state index is 13.1. The Hall–Kier alpha value is -2.19. The maximum atomic E-state index is 13.1. The van der Waals surface area contributed by atoms with Crippen LogP contribution in [0.5, 0.6) is 0 Å². The van der Waals surface area contributed by atoms with E-state index in [1.54, 1.807) is 13.8 Å². The molecule has 0 fully saturated rings. The first-order valence-corrected chi connectivity index (χ1v) is 14.2. The van der Waals surface area contributed by atoms with Gasteiger partial charge in [-0.25, -0.2) is 4.79 Å². The minimum atomic E-state index is -1.14. The third-order valence-corrected chi connectivity index (χ3v) is 6.36. The van der Waals surface area contributed by atoms with Gasteiger partial charge in [-0.3, -0.25) is 19.4 Å². The number of nitrogens with zero attached hydrogens (tertiary/aromatic N) is 1. The van der Waals surface area contributed by atoms with Crippen LogP contribution < -0.4 is 33.2 Å². The summed E-state index contributed by atoms with van der Waals surface area (Å²) in [6.07, 6.45) is 4.84. The molecule has 0 saturated carbocycles. The molecule has 0 aromatic heterocycles. The predicted molar refractivity (Wildman–Crippen MR) is 142 cm³/mol. The zero-order valence-electron chi connectivity index (χ0n) is 20.9. The highest BCUT2D eigenvalue weighted by molar-refractivity contribution is 7.98. The molecule has 3 amide bonds. The summed E-state index contributed by atoms with van der Waals surface area (Å²) >= 11 is 2.95. The number of carbonyl (C=O) groups excluding carboxylic acids is 3. The predicted octanol–water partition coefficient (Wildman–Crippen LogP) is -0.931. The summed E-state index contributed by atoms with van der Waals surface area (Å²) in [4.78, 5) is 53.9. The Kier molecular flexibility index (Phi) is 17.0. The van der Waals surface area contributed by atoms with E-state index >= 15 is 0 Å². The average molecular weight is 536 g/mol. The molecule has 4 atom stereocenters. The summed E-state index contributed by atoms with van der Waals surface area (Å²) in [5.74, 6) is -1.92. The zero-order valence-corrected chi connectivity index (χ0v) is 22.5. The van der Waals surface area contributed by atoms with Gasteiger partial charge in [-0.05, 0) is 55.6 Å². The van der Waals surface area contributed by atoms with Crippen LogP contribution in [-0.4, -0.2) is 89.5 Å². The number of thioether (sulfide) groups is 2. The van der Waals surface area contributed by atoms with Gasteiger partial charge in [0.1, 0.15) is 18.1 Å². The van der Waals surface area contributed by atoms with Crippen LogP contribution in [0.2, 0.25) is 0 Å². The monoisotopic (exact) mass is 535 g/mol. The summed E-state index contributed by atoms with van der Waals surface area (Å²) in [7, 11) is 0. The number of carboxylic acid groups (broad SMARTS) is 1. The number of carbonyl (C=O) groups is 4. The van der Waals surface area contributed by atoms with Crippen molar-refractivity contribution in [2.24, 2.45) is 28.1 Å². The van der Waals surface area contributed by atoms with E-state index in [1.807, 2.05) is 12.5 Å². The number of guanidine groups is 1. The van der Waals surface area contributed by atoms with Crippen LogP contribution in [0.1, 0.15) is 39.5 Å². The molecule has 14 heteroatoms. The van der Waals surface area contributed by atoms with Crippen LogP contribution in [0.4, 0.5) is 0 Å². The van der Waals surface area contributed by atoms with E-state index in [0.29, 0.717) is 17.9 Å². The molecule has 35 heavy (non-hydrogen) atoms. The molecule has 0 aliphatic heterocycles. The molecule has 0 spiro atoms. The van der Waals surface area contributed by atoms with E-state index < -0.39 is 47.9 Å². The van der Waals surface area contributed by atoms with Crippen LogP contribution in [0, 0.1) is 5.92 Å². The second-order valence-corrected chi connectivity index (χ2v) is 10.3. The van der Waals surface area contributed by atoms with Crippen molar-refractivity contribution in [3.63, 3.8) is 0 Å².